The number of carbonyl (C=O) groups is 2. The minimum absolute atomic E-state index is 0.191. The summed E-state index contributed by atoms with van der Waals surface area (Å²) in [5, 5.41) is 9.11. The lowest BCUT2D eigenvalue weighted by atomic mass is 9.85. The average molecular weight is 448 g/mol. The minimum atomic E-state index is -1.04. The third kappa shape index (κ3) is 5.11. The van der Waals surface area contributed by atoms with Gasteiger partial charge in [-0.1, -0.05) is 58.4 Å². The van der Waals surface area contributed by atoms with Crippen LogP contribution in [0.2, 0.25) is 0 Å². The molecule has 0 bridgehead atoms. The molecule has 1 amide bonds. The molecule has 0 aromatic heterocycles. The zero-order valence-electron chi connectivity index (χ0n) is 15.3. The van der Waals surface area contributed by atoms with Crippen LogP contribution < -0.4 is 0 Å². The summed E-state index contributed by atoms with van der Waals surface area (Å²) < 4.78 is 12.2. The van der Waals surface area contributed by atoms with Crippen LogP contribution in [0.15, 0.2) is 59.1 Å². The van der Waals surface area contributed by atoms with Gasteiger partial charge in [0.2, 0.25) is 0 Å². The van der Waals surface area contributed by atoms with Gasteiger partial charge in [0, 0.05) is 11.0 Å². The first-order chi connectivity index (χ1) is 13.5. The number of carbonyl (C=O) groups excluding carboxylic acids is 1. The van der Waals surface area contributed by atoms with Crippen LogP contribution in [0.5, 0.6) is 0 Å². The van der Waals surface area contributed by atoms with Crippen molar-refractivity contribution in [3.63, 3.8) is 0 Å². The lowest BCUT2D eigenvalue weighted by Crippen LogP contribution is -2.50. The van der Waals surface area contributed by atoms with Crippen molar-refractivity contribution < 1.29 is 24.2 Å². The molecule has 1 fully saturated rings. The highest BCUT2D eigenvalue weighted by atomic mass is 79.9. The Bertz CT molecular complexity index is 829. The molecule has 1 saturated heterocycles. The second-order valence-electron chi connectivity index (χ2n) is 6.75. The highest BCUT2D eigenvalue weighted by molar-refractivity contribution is 9.10. The Labute approximate surface area is 172 Å². The fourth-order valence-electron chi connectivity index (χ4n) is 3.40. The predicted octanol–water partition coefficient (Wildman–Crippen LogP) is 4.18. The second-order valence-corrected chi connectivity index (χ2v) is 7.67. The molecule has 1 N–H and O–H groups in total. The molecule has 28 heavy (non-hydrogen) atoms. The molecule has 2 aromatic rings. The Balaban J connectivity index is 1.75. The van der Waals surface area contributed by atoms with Gasteiger partial charge in [-0.05, 0) is 36.1 Å². The van der Waals surface area contributed by atoms with E-state index in [1.165, 1.54) is 0 Å². The summed E-state index contributed by atoms with van der Waals surface area (Å²) in [6.45, 7) is 0.541. The molecule has 148 valence electrons. The van der Waals surface area contributed by atoms with Crippen LogP contribution in [0, 0.1) is 0 Å². The molecule has 1 aliphatic heterocycles. The summed E-state index contributed by atoms with van der Waals surface area (Å²) in [5.41, 5.74) is 0.864. The number of halogens is 1. The molecule has 1 unspecified atom stereocenters. The van der Waals surface area contributed by atoms with Crippen LogP contribution in [0.1, 0.15) is 24.0 Å². The topological polar surface area (TPSA) is 76.1 Å². The van der Waals surface area contributed by atoms with Gasteiger partial charge in [-0.25, -0.2) is 9.59 Å². The number of hydrogen-bond donors (Lipinski definition) is 1. The predicted molar refractivity (Wildman–Crippen MR) is 107 cm³/mol. The van der Waals surface area contributed by atoms with Crippen LogP contribution in [-0.4, -0.2) is 41.8 Å². The number of ether oxygens (including phenoxy) is 2. The highest BCUT2D eigenvalue weighted by Crippen LogP contribution is 2.36. The first kappa shape index (κ1) is 20.4. The molecule has 0 aliphatic carbocycles. The van der Waals surface area contributed by atoms with Gasteiger partial charge in [-0.3, -0.25) is 0 Å². The molecule has 2 aromatic carbocycles. The zero-order chi connectivity index (χ0) is 20.0. The van der Waals surface area contributed by atoms with Crippen LogP contribution in [0.25, 0.3) is 0 Å². The van der Waals surface area contributed by atoms with Gasteiger partial charge in [0.05, 0.1) is 6.54 Å². The number of likely N-dealkylation sites (tertiary alicyclic amines) is 1. The summed E-state index contributed by atoms with van der Waals surface area (Å²) in [5.74, 6) is -1.04. The normalized spacial score (nSPS) is 19.2. The Kier molecular flexibility index (Phi) is 6.70. The van der Waals surface area contributed by atoms with E-state index in [2.05, 4.69) is 15.9 Å². The van der Waals surface area contributed by atoms with Gasteiger partial charge < -0.3 is 19.5 Å². The fraction of sp³-hybridized carbons (Fsp3) is 0.333. The summed E-state index contributed by atoms with van der Waals surface area (Å²) >= 11 is 3.45. The second kappa shape index (κ2) is 9.21. The number of aliphatic carboxylic acids is 1. The summed E-state index contributed by atoms with van der Waals surface area (Å²) in [4.78, 5) is 25.3. The van der Waals surface area contributed by atoms with E-state index in [-0.39, 0.29) is 13.2 Å². The Hall–Kier alpha value is -2.38. The molecule has 0 saturated carbocycles. The van der Waals surface area contributed by atoms with E-state index in [0.717, 1.165) is 15.6 Å². The molecule has 1 aliphatic rings. The van der Waals surface area contributed by atoms with Gasteiger partial charge in [0.15, 0.2) is 0 Å². The SMILES string of the molecule is O=C(O)COC1(c2cccc(Br)c2)CCCN(C(=O)OCc2ccccc2)C1. The maximum Gasteiger partial charge on any atom is 0.410 e. The van der Waals surface area contributed by atoms with Crippen molar-refractivity contribution in [1.82, 2.24) is 4.90 Å². The number of nitrogens with zero attached hydrogens (tertiary/aromatic N) is 1. The van der Waals surface area contributed by atoms with Crippen LogP contribution in [0.3, 0.4) is 0 Å². The van der Waals surface area contributed by atoms with Gasteiger partial charge in [-0.2, -0.15) is 0 Å². The van der Waals surface area contributed by atoms with E-state index in [9.17, 15) is 9.59 Å². The number of benzene rings is 2. The van der Waals surface area contributed by atoms with Crippen molar-refractivity contribution in [3.8, 4) is 0 Å². The van der Waals surface area contributed by atoms with E-state index in [1.807, 2.05) is 54.6 Å². The van der Waals surface area contributed by atoms with Crippen molar-refractivity contribution in [2.75, 3.05) is 19.7 Å². The molecule has 0 radical (unpaired) electrons. The maximum absolute atomic E-state index is 12.6. The smallest absolute Gasteiger partial charge is 0.410 e. The van der Waals surface area contributed by atoms with Gasteiger partial charge in [-0.15, -0.1) is 0 Å². The third-order valence-corrected chi connectivity index (χ3v) is 5.23. The maximum atomic E-state index is 12.6. The van der Waals surface area contributed by atoms with Crippen LogP contribution in [-0.2, 0) is 26.5 Å². The molecule has 6 nitrogen and oxygen atoms in total. The van der Waals surface area contributed by atoms with Crippen LogP contribution >= 0.6 is 15.9 Å². The number of carboxylic acids is 1. The summed E-state index contributed by atoms with van der Waals surface area (Å²) in [6.07, 6.45) is 0.882. The van der Waals surface area contributed by atoms with Crippen molar-refractivity contribution in [2.45, 2.75) is 25.0 Å². The highest BCUT2D eigenvalue weighted by Gasteiger charge is 2.41. The zero-order valence-corrected chi connectivity index (χ0v) is 16.9. The van der Waals surface area contributed by atoms with Crippen molar-refractivity contribution in [2.24, 2.45) is 0 Å². The van der Waals surface area contributed by atoms with Crippen molar-refractivity contribution in [1.29, 1.82) is 0 Å². The Morgan fingerprint density at radius 2 is 1.93 bits per heavy atom. The van der Waals surface area contributed by atoms with Gasteiger partial charge >= 0.3 is 12.1 Å². The first-order valence-corrected chi connectivity index (χ1v) is 9.85. The molecule has 7 heteroatoms. The molecule has 1 atom stereocenters. The third-order valence-electron chi connectivity index (χ3n) is 4.74. The fourth-order valence-corrected chi connectivity index (χ4v) is 3.80. The summed E-state index contributed by atoms with van der Waals surface area (Å²) in [6, 6.07) is 17.0. The molecule has 1 heterocycles. The standard InChI is InChI=1S/C21H22BrNO5/c22-18-9-4-8-17(12-18)21(28-14-19(24)25)10-5-11-23(15-21)20(26)27-13-16-6-2-1-3-7-16/h1-4,6-9,12H,5,10-11,13-15H2,(H,24,25). The van der Waals surface area contributed by atoms with Crippen molar-refractivity contribution >= 4 is 28.0 Å². The minimum Gasteiger partial charge on any atom is -0.480 e. The lowest BCUT2D eigenvalue weighted by molar-refractivity contribution is -0.155. The Morgan fingerprint density at radius 1 is 1.14 bits per heavy atom. The Morgan fingerprint density at radius 3 is 2.64 bits per heavy atom. The summed E-state index contributed by atoms with van der Waals surface area (Å²) in [7, 11) is 0. The molecule has 0 spiro atoms. The van der Waals surface area contributed by atoms with E-state index in [0.29, 0.717) is 19.4 Å². The molecular weight excluding hydrogens is 426 g/mol. The van der Waals surface area contributed by atoms with E-state index < -0.39 is 24.3 Å². The number of carboxylic acid groups (broad SMARTS) is 1. The van der Waals surface area contributed by atoms with E-state index >= 15 is 0 Å². The quantitative estimate of drug-likeness (QED) is 0.718. The van der Waals surface area contributed by atoms with Crippen molar-refractivity contribution in [3.05, 3.63) is 70.2 Å². The lowest BCUT2D eigenvalue weighted by Gasteiger charge is -2.42. The van der Waals surface area contributed by atoms with E-state index in [4.69, 9.17) is 14.6 Å². The molecular formula is C21H22BrNO5. The van der Waals surface area contributed by atoms with Gasteiger partial charge in [0.1, 0.15) is 18.8 Å². The first-order valence-electron chi connectivity index (χ1n) is 9.06. The molecule has 3 rings (SSSR count). The average Bonchev–Trinajstić information content (AvgIpc) is 2.71. The number of rotatable bonds is 6. The largest absolute Gasteiger partial charge is 0.480 e. The van der Waals surface area contributed by atoms with E-state index in [1.54, 1.807) is 4.90 Å². The van der Waals surface area contributed by atoms with Gasteiger partial charge in [0.25, 0.3) is 0 Å². The number of piperidine rings is 1. The van der Waals surface area contributed by atoms with Crippen LogP contribution in [0.4, 0.5) is 4.79 Å². The number of hydrogen-bond acceptors (Lipinski definition) is 4. The number of amides is 1. The monoisotopic (exact) mass is 447 g/mol.